The van der Waals surface area contributed by atoms with E-state index in [1.807, 2.05) is 36.4 Å². The van der Waals surface area contributed by atoms with E-state index in [4.69, 9.17) is 4.74 Å². The summed E-state index contributed by atoms with van der Waals surface area (Å²) in [6.07, 6.45) is 6.89. The molecule has 1 amide bonds. The number of carbonyl (C=O) groups is 1. The molecule has 1 atom stereocenters. The van der Waals surface area contributed by atoms with Gasteiger partial charge in [-0.3, -0.25) is 4.79 Å². The largest absolute Gasteiger partial charge is 0.376 e. The third-order valence-electron chi connectivity index (χ3n) is 6.93. The predicted molar refractivity (Wildman–Crippen MR) is 119 cm³/mol. The lowest BCUT2D eigenvalue weighted by atomic mass is 9.66. The molecule has 6 heteroatoms. The van der Waals surface area contributed by atoms with E-state index in [-0.39, 0.29) is 11.3 Å². The highest BCUT2D eigenvalue weighted by Crippen LogP contribution is 2.50. The molecule has 0 radical (unpaired) electrons. The van der Waals surface area contributed by atoms with Gasteiger partial charge in [0.05, 0.1) is 13.2 Å². The summed E-state index contributed by atoms with van der Waals surface area (Å²) in [4.78, 5) is 12.2. The van der Waals surface area contributed by atoms with Crippen LogP contribution >= 0.6 is 0 Å². The van der Waals surface area contributed by atoms with Gasteiger partial charge < -0.3 is 4.74 Å². The van der Waals surface area contributed by atoms with Crippen LogP contribution in [0, 0.1) is 5.41 Å². The summed E-state index contributed by atoms with van der Waals surface area (Å²) in [6.45, 7) is 7.52. The van der Waals surface area contributed by atoms with Gasteiger partial charge in [0.25, 0.3) is 0 Å². The molecule has 1 aliphatic heterocycles. The third-order valence-corrected chi connectivity index (χ3v) is 9.33. The second-order valence-corrected chi connectivity index (χ2v) is 11.4. The monoisotopic (exact) mass is 433 g/mol. The fourth-order valence-electron chi connectivity index (χ4n) is 5.00. The first-order valence-electron chi connectivity index (χ1n) is 11.1. The van der Waals surface area contributed by atoms with E-state index in [0.717, 1.165) is 34.7 Å². The van der Waals surface area contributed by atoms with Crippen LogP contribution in [0.15, 0.2) is 42.0 Å². The Hall–Kier alpha value is -1.66. The Morgan fingerprint density at radius 3 is 2.43 bits per heavy atom. The molecule has 1 aliphatic carbocycles. The standard InChI is InChI=1S/C24H35NO4S/c1-4-24(5-2)17-21(13-15-29-18-20-10-7-6-8-11-20)16-23(3,19-24)30(27,28)25-14-9-12-22(25)26/h6-8,10-11,16H,4-5,9,12-15,17-19H2,1-3H3/t23-/m0/s1. The van der Waals surface area contributed by atoms with Gasteiger partial charge in [-0.25, -0.2) is 12.7 Å². The molecule has 0 N–H and O–H groups in total. The Morgan fingerprint density at radius 2 is 1.83 bits per heavy atom. The molecule has 1 aromatic rings. The molecule has 2 aliphatic rings. The fourth-order valence-corrected chi connectivity index (χ4v) is 7.03. The molecular weight excluding hydrogens is 398 g/mol. The minimum absolute atomic E-state index is 0.0614. The third kappa shape index (κ3) is 4.65. The first-order chi connectivity index (χ1) is 14.3. The summed E-state index contributed by atoms with van der Waals surface area (Å²) in [7, 11) is -3.74. The zero-order valence-corrected chi connectivity index (χ0v) is 19.3. The summed E-state index contributed by atoms with van der Waals surface area (Å²) in [5.41, 5.74) is 2.20. The zero-order chi connectivity index (χ0) is 21.8. The van der Waals surface area contributed by atoms with Crippen molar-refractivity contribution >= 4 is 15.9 Å². The average molecular weight is 434 g/mol. The van der Waals surface area contributed by atoms with Crippen LogP contribution in [0.4, 0.5) is 0 Å². The van der Waals surface area contributed by atoms with Crippen molar-refractivity contribution in [3.63, 3.8) is 0 Å². The maximum Gasteiger partial charge on any atom is 0.246 e. The number of carbonyl (C=O) groups excluding carboxylic acids is 1. The maximum atomic E-state index is 13.5. The molecule has 3 rings (SSSR count). The Labute approximate surface area is 181 Å². The molecule has 0 aromatic heterocycles. The molecule has 0 unspecified atom stereocenters. The van der Waals surface area contributed by atoms with E-state index < -0.39 is 14.8 Å². The number of amides is 1. The number of hydrogen-bond donors (Lipinski definition) is 0. The van der Waals surface area contributed by atoms with Crippen LogP contribution in [0.2, 0.25) is 0 Å². The van der Waals surface area contributed by atoms with Crippen LogP contribution in [0.5, 0.6) is 0 Å². The van der Waals surface area contributed by atoms with Crippen molar-refractivity contribution in [2.45, 2.75) is 77.1 Å². The van der Waals surface area contributed by atoms with Crippen LogP contribution in [0.25, 0.3) is 0 Å². The molecule has 1 aromatic carbocycles. The fraction of sp³-hybridized carbons (Fsp3) is 0.625. The number of hydrogen-bond acceptors (Lipinski definition) is 4. The van der Waals surface area contributed by atoms with Crippen LogP contribution in [-0.4, -0.2) is 36.5 Å². The summed E-state index contributed by atoms with van der Waals surface area (Å²) >= 11 is 0. The predicted octanol–water partition coefficient (Wildman–Crippen LogP) is 4.83. The second-order valence-electron chi connectivity index (χ2n) is 9.04. The molecule has 1 fully saturated rings. The normalized spacial score (nSPS) is 24.2. The van der Waals surface area contributed by atoms with Gasteiger partial charge in [-0.15, -0.1) is 0 Å². The van der Waals surface area contributed by atoms with Crippen molar-refractivity contribution in [3.8, 4) is 0 Å². The molecule has 166 valence electrons. The summed E-state index contributed by atoms with van der Waals surface area (Å²) in [6, 6.07) is 10.0. The number of rotatable bonds is 9. The minimum Gasteiger partial charge on any atom is -0.376 e. The summed E-state index contributed by atoms with van der Waals surface area (Å²) in [5.74, 6) is -0.262. The first kappa shape index (κ1) is 23.0. The molecule has 0 spiro atoms. The van der Waals surface area contributed by atoms with Gasteiger partial charge in [-0.05, 0) is 43.6 Å². The second kappa shape index (κ2) is 9.23. The van der Waals surface area contributed by atoms with E-state index in [1.54, 1.807) is 6.92 Å². The van der Waals surface area contributed by atoms with Crippen molar-refractivity contribution in [2.24, 2.45) is 5.41 Å². The van der Waals surface area contributed by atoms with Gasteiger partial charge in [0, 0.05) is 13.0 Å². The zero-order valence-electron chi connectivity index (χ0n) is 18.5. The molecule has 0 saturated carbocycles. The molecular formula is C24H35NO4S. The Kier molecular flexibility index (Phi) is 7.08. The smallest absolute Gasteiger partial charge is 0.246 e. The number of benzene rings is 1. The van der Waals surface area contributed by atoms with Crippen LogP contribution < -0.4 is 0 Å². The molecule has 1 saturated heterocycles. The van der Waals surface area contributed by atoms with Crippen molar-refractivity contribution in [1.82, 2.24) is 4.31 Å². The van der Waals surface area contributed by atoms with Gasteiger partial charge in [0.1, 0.15) is 4.75 Å². The Bertz CT molecular complexity index is 874. The molecule has 30 heavy (non-hydrogen) atoms. The SMILES string of the molecule is CCC1(CC)CC(CCOCc2ccccc2)=C[C@](C)(S(=O)(=O)N2CCCC2=O)C1. The van der Waals surface area contributed by atoms with E-state index >= 15 is 0 Å². The Morgan fingerprint density at radius 1 is 1.13 bits per heavy atom. The van der Waals surface area contributed by atoms with E-state index in [9.17, 15) is 13.2 Å². The van der Waals surface area contributed by atoms with Crippen LogP contribution in [0.3, 0.4) is 0 Å². The van der Waals surface area contributed by atoms with Gasteiger partial charge in [0.15, 0.2) is 0 Å². The number of sulfonamides is 1. The van der Waals surface area contributed by atoms with E-state index in [2.05, 4.69) is 13.8 Å². The van der Waals surface area contributed by atoms with Gasteiger partial charge in [-0.1, -0.05) is 68.7 Å². The quantitative estimate of drug-likeness (QED) is 0.413. The lowest BCUT2D eigenvalue weighted by Crippen LogP contribution is -2.50. The highest BCUT2D eigenvalue weighted by molar-refractivity contribution is 7.91. The van der Waals surface area contributed by atoms with Crippen molar-refractivity contribution in [1.29, 1.82) is 0 Å². The van der Waals surface area contributed by atoms with Crippen molar-refractivity contribution in [3.05, 3.63) is 47.5 Å². The molecule has 0 bridgehead atoms. The topological polar surface area (TPSA) is 63.7 Å². The summed E-state index contributed by atoms with van der Waals surface area (Å²) < 4.78 is 33.0. The number of nitrogens with zero attached hydrogens (tertiary/aromatic N) is 1. The van der Waals surface area contributed by atoms with Crippen LogP contribution in [-0.2, 0) is 26.2 Å². The van der Waals surface area contributed by atoms with E-state index in [1.165, 1.54) is 0 Å². The van der Waals surface area contributed by atoms with Crippen LogP contribution in [0.1, 0.15) is 71.3 Å². The number of ether oxygens (including phenoxy) is 1. The first-order valence-corrected chi connectivity index (χ1v) is 12.6. The highest BCUT2D eigenvalue weighted by atomic mass is 32.2. The minimum atomic E-state index is -3.74. The molecule has 1 heterocycles. The van der Waals surface area contributed by atoms with Crippen molar-refractivity contribution < 1.29 is 17.9 Å². The maximum absolute atomic E-state index is 13.5. The lowest BCUT2D eigenvalue weighted by molar-refractivity contribution is -0.123. The average Bonchev–Trinajstić information content (AvgIpc) is 3.18. The lowest BCUT2D eigenvalue weighted by Gasteiger charge is -2.45. The van der Waals surface area contributed by atoms with Gasteiger partial charge in [0.2, 0.25) is 15.9 Å². The van der Waals surface area contributed by atoms with Gasteiger partial charge >= 0.3 is 0 Å². The van der Waals surface area contributed by atoms with E-state index in [0.29, 0.717) is 45.4 Å². The molecule has 5 nitrogen and oxygen atoms in total. The Balaban J connectivity index is 1.78. The highest BCUT2D eigenvalue weighted by Gasteiger charge is 2.51. The van der Waals surface area contributed by atoms with Crippen molar-refractivity contribution in [2.75, 3.05) is 13.2 Å². The van der Waals surface area contributed by atoms with Gasteiger partial charge in [-0.2, -0.15) is 0 Å². The summed E-state index contributed by atoms with van der Waals surface area (Å²) in [5, 5.41) is 0.